The Kier molecular flexibility index (Phi) is 10.6. The molecule has 0 amide bonds. The summed E-state index contributed by atoms with van der Waals surface area (Å²) in [4.78, 5) is 2.55. The molecule has 5 rings (SSSR count). The van der Waals surface area contributed by atoms with Crippen molar-refractivity contribution >= 4 is 14.0 Å². The summed E-state index contributed by atoms with van der Waals surface area (Å²) in [6, 6.07) is 21.9. The van der Waals surface area contributed by atoms with Gasteiger partial charge in [-0.05, 0) is 122 Å². The van der Waals surface area contributed by atoms with Gasteiger partial charge in [0.2, 0.25) is 8.32 Å². The molecule has 1 aliphatic heterocycles. The molecular weight excluding hydrogens is 561 g/mol. The Bertz CT molecular complexity index is 1360. The number of benzene rings is 3. The first-order valence-corrected chi connectivity index (χ1v) is 19.7. The third-order valence-electron chi connectivity index (χ3n) is 10.1. The SMILES string of the molecule is COc1ccc(C2CCc3cc(O[Si](C)(C)C(C)(C)C)ccc3C2)c(NCc2ccc(OCCN3CCCCCC3)cc2)c1. The van der Waals surface area contributed by atoms with Crippen molar-refractivity contribution < 1.29 is 13.9 Å². The van der Waals surface area contributed by atoms with Gasteiger partial charge >= 0.3 is 0 Å². The highest BCUT2D eigenvalue weighted by atomic mass is 28.4. The van der Waals surface area contributed by atoms with Crippen LogP contribution in [0.4, 0.5) is 5.69 Å². The van der Waals surface area contributed by atoms with Crippen LogP contribution < -0.4 is 19.2 Å². The van der Waals surface area contributed by atoms with Crippen LogP contribution in [0.25, 0.3) is 0 Å². The first-order valence-electron chi connectivity index (χ1n) is 16.8. The normalized spacial score (nSPS) is 17.8. The molecule has 0 spiro atoms. The van der Waals surface area contributed by atoms with Crippen molar-refractivity contribution in [2.24, 2.45) is 0 Å². The van der Waals surface area contributed by atoms with E-state index in [1.807, 2.05) is 0 Å². The zero-order chi connectivity index (χ0) is 31.2. The van der Waals surface area contributed by atoms with Gasteiger partial charge in [0, 0.05) is 24.8 Å². The largest absolute Gasteiger partial charge is 0.543 e. The van der Waals surface area contributed by atoms with Crippen molar-refractivity contribution in [3.8, 4) is 17.2 Å². The molecule has 1 aliphatic carbocycles. The maximum absolute atomic E-state index is 6.62. The molecule has 0 saturated carbocycles. The first kappa shape index (κ1) is 32.4. The second-order valence-corrected chi connectivity index (χ2v) is 19.0. The molecule has 1 saturated heterocycles. The minimum Gasteiger partial charge on any atom is -0.543 e. The monoisotopic (exact) mass is 614 g/mol. The molecule has 1 heterocycles. The minimum atomic E-state index is -1.86. The van der Waals surface area contributed by atoms with Crippen LogP contribution in [0.5, 0.6) is 17.2 Å². The Labute approximate surface area is 267 Å². The minimum absolute atomic E-state index is 0.188. The molecular formula is C38H54N2O3Si. The molecule has 1 atom stereocenters. The Hall–Kier alpha value is -2.96. The molecule has 238 valence electrons. The molecule has 0 aromatic heterocycles. The molecule has 6 heteroatoms. The molecule has 1 N–H and O–H groups in total. The number of aryl methyl sites for hydroxylation is 1. The number of nitrogens with zero attached hydrogens (tertiary/aromatic N) is 1. The fraction of sp³-hybridized carbons (Fsp3) is 0.526. The zero-order valence-electron chi connectivity index (χ0n) is 28.0. The summed E-state index contributed by atoms with van der Waals surface area (Å²) in [7, 11) is -0.117. The van der Waals surface area contributed by atoms with Gasteiger partial charge in [-0.15, -0.1) is 0 Å². The van der Waals surface area contributed by atoms with E-state index >= 15 is 0 Å². The van der Waals surface area contributed by atoms with Gasteiger partial charge in [-0.25, -0.2) is 0 Å². The van der Waals surface area contributed by atoms with E-state index in [2.05, 4.69) is 105 Å². The quantitative estimate of drug-likeness (QED) is 0.218. The van der Waals surface area contributed by atoms with Gasteiger partial charge in [0.05, 0.1) is 7.11 Å². The van der Waals surface area contributed by atoms with E-state index in [-0.39, 0.29) is 5.04 Å². The van der Waals surface area contributed by atoms with Gasteiger partial charge < -0.3 is 19.2 Å². The Morgan fingerprint density at radius 3 is 2.25 bits per heavy atom. The van der Waals surface area contributed by atoms with Gasteiger partial charge in [0.25, 0.3) is 0 Å². The Balaban J connectivity index is 1.20. The topological polar surface area (TPSA) is 43.0 Å². The Morgan fingerprint density at radius 1 is 0.841 bits per heavy atom. The van der Waals surface area contributed by atoms with Crippen LogP contribution in [0, 0.1) is 0 Å². The lowest BCUT2D eigenvalue weighted by Gasteiger charge is -2.37. The lowest BCUT2D eigenvalue weighted by Crippen LogP contribution is -2.43. The highest BCUT2D eigenvalue weighted by molar-refractivity contribution is 6.74. The predicted molar refractivity (Wildman–Crippen MR) is 186 cm³/mol. The zero-order valence-corrected chi connectivity index (χ0v) is 29.0. The van der Waals surface area contributed by atoms with E-state index in [9.17, 15) is 0 Å². The second kappa shape index (κ2) is 14.4. The smallest absolute Gasteiger partial charge is 0.250 e. The van der Waals surface area contributed by atoms with E-state index in [1.54, 1.807) is 7.11 Å². The summed E-state index contributed by atoms with van der Waals surface area (Å²) in [5, 5.41) is 3.93. The van der Waals surface area contributed by atoms with E-state index in [4.69, 9.17) is 13.9 Å². The highest BCUT2D eigenvalue weighted by Gasteiger charge is 2.39. The summed E-state index contributed by atoms with van der Waals surface area (Å²) in [6.07, 6.45) is 8.61. The van der Waals surface area contributed by atoms with E-state index in [1.165, 1.54) is 61.0 Å². The van der Waals surface area contributed by atoms with Gasteiger partial charge in [0.1, 0.15) is 23.9 Å². The van der Waals surface area contributed by atoms with E-state index in [0.717, 1.165) is 61.9 Å². The van der Waals surface area contributed by atoms with Gasteiger partial charge in [-0.3, -0.25) is 4.90 Å². The van der Waals surface area contributed by atoms with Gasteiger partial charge in [-0.2, -0.15) is 0 Å². The van der Waals surface area contributed by atoms with Crippen molar-refractivity contribution in [3.05, 3.63) is 82.9 Å². The number of hydrogen-bond acceptors (Lipinski definition) is 5. The van der Waals surface area contributed by atoms with Crippen LogP contribution in [0.15, 0.2) is 60.7 Å². The number of fused-ring (bicyclic) bond motifs is 1. The summed E-state index contributed by atoms with van der Waals surface area (Å²) >= 11 is 0. The second-order valence-electron chi connectivity index (χ2n) is 14.3. The molecule has 0 radical (unpaired) electrons. The molecule has 3 aromatic rings. The lowest BCUT2D eigenvalue weighted by molar-refractivity contribution is 0.214. The lowest BCUT2D eigenvalue weighted by atomic mass is 9.79. The summed E-state index contributed by atoms with van der Waals surface area (Å²) in [5.41, 5.74) is 6.65. The Morgan fingerprint density at radius 2 is 1.55 bits per heavy atom. The number of rotatable bonds is 11. The summed E-state index contributed by atoms with van der Waals surface area (Å²) in [6.45, 7) is 16.5. The van der Waals surface area contributed by atoms with Crippen molar-refractivity contribution in [1.29, 1.82) is 0 Å². The predicted octanol–water partition coefficient (Wildman–Crippen LogP) is 9.22. The van der Waals surface area contributed by atoms with Crippen molar-refractivity contribution in [3.63, 3.8) is 0 Å². The average Bonchev–Trinajstić information content (AvgIpc) is 3.28. The molecule has 5 nitrogen and oxygen atoms in total. The van der Waals surface area contributed by atoms with E-state index in [0.29, 0.717) is 5.92 Å². The number of hydrogen-bond donors (Lipinski definition) is 1. The maximum atomic E-state index is 6.62. The molecule has 1 unspecified atom stereocenters. The first-order chi connectivity index (χ1) is 21.1. The number of nitrogens with one attached hydrogen (secondary N) is 1. The molecule has 2 aliphatic rings. The van der Waals surface area contributed by atoms with Crippen LogP contribution in [-0.2, 0) is 19.4 Å². The fourth-order valence-electron chi connectivity index (χ4n) is 6.23. The van der Waals surface area contributed by atoms with Gasteiger partial charge in [0.15, 0.2) is 0 Å². The van der Waals surface area contributed by atoms with Crippen LogP contribution in [0.3, 0.4) is 0 Å². The third kappa shape index (κ3) is 8.39. The van der Waals surface area contributed by atoms with Crippen LogP contribution in [-0.4, -0.2) is 46.6 Å². The summed E-state index contributed by atoms with van der Waals surface area (Å²) < 4.78 is 18.3. The number of methoxy groups -OCH3 is 1. The number of likely N-dealkylation sites (tertiary alicyclic amines) is 1. The molecule has 1 fully saturated rings. The number of anilines is 1. The van der Waals surface area contributed by atoms with Crippen LogP contribution >= 0.6 is 0 Å². The highest BCUT2D eigenvalue weighted by Crippen LogP contribution is 2.41. The van der Waals surface area contributed by atoms with Crippen LogP contribution in [0.1, 0.15) is 81.0 Å². The summed E-state index contributed by atoms with van der Waals surface area (Å²) in [5.74, 6) is 3.33. The van der Waals surface area contributed by atoms with Crippen molar-refractivity contribution in [2.75, 3.05) is 38.7 Å². The van der Waals surface area contributed by atoms with E-state index < -0.39 is 8.32 Å². The third-order valence-corrected chi connectivity index (χ3v) is 14.4. The molecule has 3 aromatic carbocycles. The fourth-order valence-corrected chi connectivity index (χ4v) is 7.26. The van der Waals surface area contributed by atoms with Crippen molar-refractivity contribution in [2.45, 2.75) is 96.3 Å². The van der Waals surface area contributed by atoms with Crippen LogP contribution in [0.2, 0.25) is 18.1 Å². The maximum Gasteiger partial charge on any atom is 0.250 e. The standard InChI is InChI=1S/C38H54N2O3Si/c1-38(2,3)44(5,6)43-35-18-15-30-25-32(14-13-31(30)26-35)36-20-19-34(41-4)27-37(36)39-28-29-11-16-33(17-12-29)42-24-23-40-21-9-7-8-10-22-40/h11-12,15-20,26-27,32,39H,7-10,13-14,21-25,28H2,1-6H3. The average molecular weight is 615 g/mol. The van der Waals surface area contributed by atoms with Gasteiger partial charge in [-0.1, -0.05) is 57.9 Å². The molecule has 0 bridgehead atoms. The van der Waals surface area contributed by atoms with Crippen molar-refractivity contribution in [1.82, 2.24) is 4.90 Å². The molecule has 44 heavy (non-hydrogen) atoms. The number of ether oxygens (including phenoxy) is 2.